The number of rotatable bonds is 1. The highest BCUT2D eigenvalue weighted by atomic mass is 16.3. The lowest BCUT2D eigenvalue weighted by molar-refractivity contribution is 0.476. The van der Waals surface area contributed by atoms with Gasteiger partial charge in [-0.15, -0.1) is 0 Å². The minimum absolute atomic E-state index is 0.0123. The summed E-state index contributed by atoms with van der Waals surface area (Å²) in [5.41, 5.74) is 7.78. The number of hydrogen-bond donors (Lipinski definition) is 3. The molecule has 0 spiro atoms. The minimum atomic E-state index is 0.0123. The quantitative estimate of drug-likeness (QED) is 0.621. The molecule has 68 valence electrons. The van der Waals surface area contributed by atoms with Crippen LogP contribution in [0, 0.1) is 0 Å². The number of phenolic OH excluding ortho intramolecular Hbond substituents is 1. The Kier molecular flexibility index (Phi) is 1.74. The molecule has 2 rings (SSSR count). The maximum absolute atomic E-state index is 9.23. The van der Waals surface area contributed by atoms with Gasteiger partial charge in [-0.25, -0.2) is 0 Å². The average molecular weight is 176 g/mol. The second-order valence-corrected chi connectivity index (χ2v) is 3.26. The number of nitrogens with one attached hydrogen (secondary N) is 1. The number of benzene rings is 1. The van der Waals surface area contributed by atoms with Crippen LogP contribution in [0.25, 0.3) is 10.9 Å². The van der Waals surface area contributed by atoms with Crippen LogP contribution in [0.1, 0.15) is 18.5 Å². The fraction of sp³-hybridized carbons (Fsp3) is 0.200. The Morgan fingerprint density at radius 1 is 1.46 bits per heavy atom. The molecule has 0 aliphatic carbocycles. The van der Waals surface area contributed by atoms with E-state index < -0.39 is 0 Å². The van der Waals surface area contributed by atoms with Gasteiger partial charge in [0.25, 0.3) is 0 Å². The smallest absolute Gasteiger partial charge is 0.117 e. The number of aromatic amines is 1. The highest BCUT2D eigenvalue weighted by Crippen LogP contribution is 2.25. The Bertz CT molecular complexity index is 431. The monoisotopic (exact) mass is 176 g/mol. The van der Waals surface area contributed by atoms with Crippen LogP contribution in [0.5, 0.6) is 5.75 Å². The van der Waals surface area contributed by atoms with Crippen molar-refractivity contribution in [2.75, 3.05) is 0 Å². The SMILES string of the molecule is CC(N)c1c[nH]c2cc(O)ccc12. The van der Waals surface area contributed by atoms with E-state index in [1.54, 1.807) is 12.1 Å². The van der Waals surface area contributed by atoms with Gasteiger partial charge in [-0.05, 0) is 24.6 Å². The van der Waals surface area contributed by atoms with Gasteiger partial charge in [0, 0.05) is 29.2 Å². The van der Waals surface area contributed by atoms with Crippen LogP contribution < -0.4 is 5.73 Å². The van der Waals surface area contributed by atoms with E-state index in [0.717, 1.165) is 16.5 Å². The molecule has 0 saturated carbocycles. The summed E-state index contributed by atoms with van der Waals surface area (Å²) in [6.45, 7) is 1.94. The van der Waals surface area contributed by atoms with Gasteiger partial charge in [-0.3, -0.25) is 0 Å². The maximum atomic E-state index is 9.23. The predicted octanol–water partition coefficient (Wildman–Crippen LogP) is 1.89. The molecule has 0 aliphatic rings. The largest absolute Gasteiger partial charge is 0.508 e. The molecular weight excluding hydrogens is 164 g/mol. The molecule has 0 aliphatic heterocycles. The first-order valence-electron chi connectivity index (χ1n) is 4.24. The fourth-order valence-electron chi connectivity index (χ4n) is 1.51. The topological polar surface area (TPSA) is 62.0 Å². The van der Waals surface area contributed by atoms with Crippen molar-refractivity contribution < 1.29 is 5.11 Å². The lowest BCUT2D eigenvalue weighted by Crippen LogP contribution is -2.03. The number of hydrogen-bond acceptors (Lipinski definition) is 2. The van der Waals surface area contributed by atoms with E-state index in [1.807, 2.05) is 19.2 Å². The van der Waals surface area contributed by atoms with Crippen molar-refractivity contribution in [2.45, 2.75) is 13.0 Å². The zero-order valence-corrected chi connectivity index (χ0v) is 7.41. The van der Waals surface area contributed by atoms with Gasteiger partial charge < -0.3 is 15.8 Å². The molecule has 0 bridgehead atoms. The summed E-state index contributed by atoms with van der Waals surface area (Å²) in [4.78, 5) is 3.07. The average Bonchev–Trinajstić information content (AvgIpc) is 2.46. The van der Waals surface area contributed by atoms with E-state index in [2.05, 4.69) is 4.98 Å². The molecule has 1 aromatic carbocycles. The Labute approximate surface area is 76.2 Å². The number of fused-ring (bicyclic) bond motifs is 1. The van der Waals surface area contributed by atoms with Gasteiger partial charge in [0.1, 0.15) is 5.75 Å². The summed E-state index contributed by atoms with van der Waals surface area (Å²) < 4.78 is 0. The van der Waals surface area contributed by atoms with Crippen LogP contribution >= 0.6 is 0 Å². The van der Waals surface area contributed by atoms with Crippen LogP contribution in [0.15, 0.2) is 24.4 Å². The number of H-pyrrole nitrogens is 1. The highest BCUT2D eigenvalue weighted by Gasteiger charge is 2.06. The number of aromatic hydroxyl groups is 1. The third-order valence-electron chi connectivity index (χ3n) is 2.19. The first-order chi connectivity index (χ1) is 6.18. The van der Waals surface area contributed by atoms with Gasteiger partial charge in [0.2, 0.25) is 0 Å². The fourth-order valence-corrected chi connectivity index (χ4v) is 1.51. The van der Waals surface area contributed by atoms with Gasteiger partial charge >= 0.3 is 0 Å². The molecule has 0 fully saturated rings. The summed E-state index contributed by atoms with van der Waals surface area (Å²) in [6.07, 6.45) is 1.88. The van der Waals surface area contributed by atoms with E-state index in [1.165, 1.54) is 0 Å². The normalized spacial score (nSPS) is 13.4. The summed E-state index contributed by atoms with van der Waals surface area (Å²) in [7, 11) is 0. The summed E-state index contributed by atoms with van der Waals surface area (Å²) >= 11 is 0. The molecule has 3 heteroatoms. The van der Waals surface area contributed by atoms with E-state index >= 15 is 0 Å². The molecule has 13 heavy (non-hydrogen) atoms. The van der Waals surface area contributed by atoms with Crippen LogP contribution in [0.3, 0.4) is 0 Å². The lowest BCUT2D eigenvalue weighted by Gasteiger charge is -2.01. The summed E-state index contributed by atoms with van der Waals surface area (Å²) in [5, 5.41) is 10.3. The standard InChI is InChI=1S/C10H12N2O/c1-6(11)9-5-12-10-4-7(13)2-3-8(9)10/h2-6,12-13H,11H2,1H3. The van der Waals surface area contributed by atoms with Crippen molar-refractivity contribution in [3.63, 3.8) is 0 Å². The molecule has 0 amide bonds. The Hall–Kier alpha value is -1.48. The van der Waals surface area contributed by atoms with Crippen LogP contribution in [-0.2, 0) is 0 Å². The van der Waals surface area contributed by atoms with Gasteiger partial charge in [-0.1, -0.05) is 0 Å². The second-order valence-electron chi connectivity index (χ2n) is 3.26. The van der Waals surface area contributed by atoms with E-state index in [4.69, 9.17) is 5.73 Å². The molecule has 4 N–H and O–H groups in total. The Balaban J connectivity index is 2.69. The van der Waals surface area contributed by atoms with Crippen molar-refractivity contribution in [1.82, 2.24) is 4.98 Å². The Morgan fingerprint density at radius 2 is 2.23 bits per heavy atom. The van der Waals surface area contributed by atoms with Crippen LogP contribution in [0.4, 0.5) is 0 Å². The highest BCUT2D eigenvalue weighted by molar-refractivity contribution is 5.84. The van der Waals surface area contributed by atoms with Gasteiger partial charge in [-0.2, -0.15) is 0 Å². The molecular formula is C10H12N2O. The molecule has 2 aromatic rings. The summed E-state index contributed by atoms with van der Waals surface area (Å²) in [5.74, 6) is 0.269. The first-order valence-corrected chi connectivity index (χ1v) is 4.24. The molecule has 1 aromatic heterocycles. The van der Waals surface area contributed by atoms with Gasteiger partial charge in [0.05, 0.1) is 0 Å². The first kappa shape index (κ1) is 8.13. The van der Waals surface area contributed by atoms with Crippen molar-refractivity contribution in [2.24, 2.45) is 5.73 Å². The van der Waals surface area contributed by atoms with E-state index in [0.29, 0.717) is 0 Å². The molecule has 1 atom stereocenters. The predicted molar refractivity (Wildman–Crippen MR) is 52.6 cm³/mol. The summed E-state index contributed by atoms with van der Waals surface area (Å²) in [6, 6.07) is 5.25. The third kappa shape index (κ3) is 1.27. The van der Waals surface area contributed by atoms with Crippen molar-refractivity contribution in [3.05, 3.63) is 30.0 Å². The molecule has 1 heterocycles. The Morgan fingerprint density at radius 3 is 2.92 bits per heavy atom. The van der Waals surface area contributed by atoms with Crippen molar-refractivity contribution in [1.29, 1.82) is 0 Å². The molecule has 3 nitrogen and oxygen atoms in total. The van der Waals surface area contributed by atoms with Crippen LogP contribution in [-0.4, -0.2) is 10.1 Å². The molecule has 0 radical (unpaired) electrons. The number of phenols is 1. The van der Waals surface area contributed by atoms with Crippen LogP contribution in [0.2, 0.25) is 0 Å². The molecule has 1 unspecified atom stereocenters. The van der Waals surface area contributed by atoms with E-state index in [9.17, 15) is 5.11 Å². The minimum Gasteiger partial charge on any atom is -0.508 e. The number of aromatic nitrogens is 1. The zero-order chi connectivity index (χ0) is 9.42. The van der Waals surface area contributed by atoms with Gasteiger partial charge in [0.15, 0.2) is 0 Å². The number of nitrogens with two attached hydrogens (primary N) is 1. The lowest BCUT2D eigenvalue weighted by atomic mass is 10.1. The van der Waals surface area contributed by atoms with E-state index in [-0.39, 0.29) is 11.8 Å². The second kappa shape index (κ2) is 2.78. The third-order valence-corrected chi connectivity index (χ3v) is 2.19. The zero-order valence-electron chi connectivity index (χ0n) is 7.41. The molecule has 0 saturated heterocycles. The van der Waals surface area contributed by atoms with Crippen molar-refractivity contribution >= 4 is 10.9 Å². The van der Waals surface area contributed by atoms with Crippen molar-refractivity contribution in [3.8, 4) is 5.75 Å². The maximum Gasteiger partial charge on any atom is 0.117 e.